The van der Waals surface area contributed by atoms with Crippen molar-refractivity contribution in [1.29, 1.82) is 0 Å². The van der Waals surface area contributed by atoms with Crippen molar-refractivity contribution in [2.45, 2.75) is 26.3 Å². The minimum Gasteiger partial charge on any atom is -0.406 e. The monoisotopic (exact) mass is 344 g/mol. The topological polar surface area (TPSA) is 42.4 Å². The van der Waals surface area contributed by atoms with Crippen molar-refractivity contribution in [3.63, 3.8) is 0 Å². The summed E-state index contributed by atoms with van der Waals surface area (Å²) in [5, 5.41) is 2.74. The van der Waals surface area contributed by atoms with Gasteiger partial charge in [0, 0.05) is 19.0 Å². The van der Waals surface area contributed by atoms with Gasteiger partial charge in [-0.3, -0.25) is 4.79 Å². The molecule has 0 aliphatic rings. The molecule has 0 aliphatic carbocycles. The van der Waals surface area contributed by atoms with Gasteiger partial charge in [0.1, 0.15) is 5.75 Å². The molecule has 0 saturated heterocycles. The quantitative estimate of drug-likeness (QED) is 0.833. The van der Waals surface area contributed by atoms with E-state index in [9.17, 15) is 18.0 Å². The first-order valence-corrected chi connectivity index (χ1v) is 7.60. The number of ether oxygens (including phenoxy) is 1. The maximum atomic E-state index is 12.1. The van der Waals surface area contributed by atoms with Crippen molar-refractivity contribution in [2.24, 2.45) is 0 Å². The summed E-state index contributed by atoms with van der Waals surface area (Å²) >= 11 is 1.48. The summed E-state index contributed by atoms with van der Waals surface area (Å²) in [4.78, 5) is 17.8. The van der Waals surface area contributed by atoms with E-state index in [-0.39, 0.29) is 18.1 Å². The summed E-state index contributed by atoms with van der Waals surface area (Å²) < 4.78 is 40.1. The number of alkyl halides is 3. The number of likely N-dealkylation sites (N-methyl/N-ethyl adjacent to an activating group) is 1. The summed E-state index contributed by atoms with van der Waals surface area (Å²) in [5.41, 5.74) is 1.43. The molecule has 1 aromatic carbocycles. The molecule has 0 N–H and O–H groups in total. The van der Waals surface area contributed by atoms with Crippen LogP contribution in [0.1, 0.15) is 16.3 Å². The first-order valence-electron chi connectivity index (χ1n) is 6.72. The molecule has 1 heterocycles. The Balaban J connectivity index is 1.91. The standard InChI is InChI=1S/C15H15F3N2O2S/c1-10-19-12(9-23-10)7-14(21)20(2)8-11-3-5-13(6-4-11)22-15(16,17)18/h3-6,9H,7-8H2,1-2H3. The number of thiazole rings is 1. The highest BCUT2D eigenvalue weighted by molar-refractivity contribution is 7.09. The predicted octanol–water partition coefficient (Wildman–Crippen LogP) is 3.55. The third kappa shape index (κ3) is 5.55. The van der Waals surface area contributed by atoms with Gasteiger partial charge in [0.2, 0.25) is 5.91 Å². The lowest BCUT2D eigenvalue weighted by molar-refractivity contribution is -0.274. The number of hydrogen-bond acceptors (Lipinski definition) is 4. The molecule has 2 rings (SSSR count). The van der Waals surface area contributed by atoms with Crippen molar-refractivity contribution >= 4 is 17.2 Å². The van der Waals surface area contributed by atoms with Gasteiger partial charge in [-0.05, 0) is 24.6 Å². The number of aromatic nitrogens is 1. The summed E-state index contributed by atoms with van der Waals surface area (Å²) in [6, 6.07) is 5.45. The van der Waals surface area contributed by atoms with E-state index in [4.69, 9.17) is 0 Å². The molecule has 124 valence electrons. The van der Waals surface area contributed by atoms with Crippen molar-refractivity contribution in [1.82, 2.24) is 9.88 Å². The normalized spacial score (nSPS) is 11.3. The molecular formula is C15H15F3N2O2S. The second kappa shape index (κ2) is 6.99. The van der Waals surface area contributed by atoms with E-state index >= 15 is 0 Å². The summed E-state index contributed by atoms with van der Waals surface area (Å²) in [5.74, 6) is -0.390. The highest BCUT2D eigenvalue weighted by Crippen LogP contribution is 2.23. The number of benzene rings is 1. The fourth-order valence-electron chi connectivity index (χ4n) is 1.94. The lowest BCUT2D eigenvalue weighted by Gasteiger charge is -2.17. The lowest BCUT2D eigenvalue weighted by Crippen LogP contribution is -2.27. The van der Waals surface area contributed by atoms with E-state index < -0.39 is 6.36 Å². The summed E-state index contributed by atoms with van der Waals surface area (Å²) in [7, 11) is 1.64. The lowest BCUT2D eigenvalue weighted by atomic mass is 10.2. The van der Waals surface area contributed by atoms with Gasteiger partial charge in [-0.1, -0.05) is 12.1 Å². The third-order valence-corrected chi connectivity index (χ3v) is 3.82. The average Bonchev–Trinajstić information content (AvgIpc) is 2.84. The van der Waals surface area contributed by atoms with E-state index in [2.05, 4.69) is 9.72 Å². The second-order valence-corrected chi connectivity index (χ2v) is 6.04. The van der Waals surface area contributed by atoms with Crippen molar-refractivity contribution < 1.29 is 22.7 Å². The Bertz CT molecular complexity index is 668. The SMILES string of the molecule is Cc1nc(CC(=O)N(C)Cc2ccc(OC(F)(F)F)cc2)cs1. The second-order valence-electron chi connectivity index (χ2n) is 4.98. The Labute approximate surface area is 135 Å². The molecule has 1 amide bonds. The molecule has 0 aliphatic heterocycles. The van der Waals surface area contributed by atoms with E-state index in [1.54, 1.807) is 7.05 Å². The minimum atomic E-state index is -4.71. The number of carbonyl (C=O) groups is 1. The van der Waals surface area contributed by atoms with Crippen LogP contribution in [-0.2, 0) is 17.8 Å². The molecule has 0 radical (unpaired) electrons. The molecule has 8 heteroatoms. The fraction of sp³-hybridized carbons (Fsp3) is 0.333. The minimum absolute atomic E-state index is 0.106. The third-order valence-electron chi connectivity index (χ3n) is 3.00. The zero-order chi connectivity index (χ0) is 17.0. The molecule has 0 fully saturated rings. The number of aryl methyl sites for hydroxylation is 1. The zero-order valence-electron chi connectivity index (χ0n) is 12.6. The molecule has 0 spiro atoms. The van der Waals surface area contributed by atoms with Crippen molar-refractivity contribution in [2.75, 3.05) is 7.05 Å². The van der Waals surface area contributed by atoms with Crippen LogP contribution < -0.4 is 4.74 Å². The van der Waals surface area contributed by atoms with E-state index in [1.165, 1.54) is 40.5 Å². The number of amides is 1. The van der Waals surface area contributed by atoms with Gasteiger partial charge in [-0.2, -0.15) is 0 Å². The fourth-order valence-corrected chi connectivity index (χ4v) is 2.55. The predicted molar refractivity (Wildman–Crippen MR) is 80.2 cm³/mol. The van der Waals surface area contributed by atoms with Gasteiger partial charge >= 0.3 is 6.36 Å². The van der Waals surface area contributed by atoms with Crippen LogP contribution in [0.4, 0.5) is 13.2 Å². The van der Waals surface area contributed by atoms with E-state index in [0.29, 0.717) is 12.1 Å². The first-order chi connectivity index (χ1) is 10.7. The van der Waals surface area contributed by atoms with Crippen LogP contribution >= 0.6 is 11.3 Å². The van der Waals surface area contributed by atoms with Crippen molar-refractivity contribution in [3.8, 4) is 5.75 Å². The van der Waals surface area contributed by atoms with E-state index in [0.717, 1.165) is 10.7 Å². The molecule has 0 bridgehead atoms. The van der Waals surface area contributed by atoms with Gasteiger partial charge in [-0.25, -0.2) is 4.98 Å². The number of hydrogen-bond donors (Lipinski definition) is 0. The van der Waals surface area contributed by atoms with Gasteiger partial charge in [0.05, 0.1) is 17.1 Å². The van der Waals surface area contributed by atoms with Crippen LogP contribution in [0.15, 0.2) is 29.6 Å². The number of carbonyl (C=O) groups excluding carboxylic acids is 1. The van der Waals surface area contributed by atoms with Crippen LogP contribution in [-0.4, -0.2) is 29.2 Å². The van der Waals surface area contributed by atoms with Gasteiger partial charge in [0.25, 0.3) is 0 Å². The average molecular weight is 344 g/mol. The van der Waals surface area contributed by atoms with E-state index in [1.807, 2.05) is 12.3 Å². The van der Waals surface area contributed by atoms with Gasteiger partial charge in [-0.15, -0.1) is 24.5 Å². The summed E-state index contributed by atoms with van der Waals surface area (Å²) in [6.07, 6.45) is -4.50. The Morgan fingerprint density at radius 3 is 2.48 bits per heavy atom. The first kappa shape index (κ1) is 17.3. The van der Waals surface area contributed by atoms with Gasteiger partial charge in [0.15, 0.2) is 0 Å². The van der Waals surface area contributed by atoms with Crippen LogP contribution in [0.3, 0.4) is 0 Å². The maximum Gasteiger partial charge on any atom is 0.573 e. The molecule has 1 aromatic heterocycles. The molecule has 23 heavy (non-hydrogen) atoms. The highest BCUT2D eigenvalue weighted by atomic mass is 32.1. The Morgan fingerprint density at radius 1 is 1.30 bits per heavy atom. The number of rotatable bonds is 5. The van der Waals surface area contributed by atoms with Crippen LogP contribution in [0.2, 0.25) is 0 Å². The Morgan fingerprint density at radius 2 is 1.96 bits per heavy atom. The highest BCUT2D eigenvalue weighted by Gasteiger charge is 2.30. The molecule has 0 atom stereocenters. The molecule has 4 nitrogen and oxygen atoms in total. The molecule has 0 unspecified atom stereocenters. The smallest absolute Gasteiger partial charge is 0.406 e. The largest absolute Gasteiger partial charge is 0.573 e. The van der Waals surface area contributed by atoms with Gasteiger partial charge < -0.3 is 9.64 Å². The number of halogens is 3. The maximum absolute atomic E-state index is 12.1. The molecule has 0 saturated carbocycles. The van der Waals surface area contributed by atoms with Crippen LogP contribution in [0.5, 0.6) is 5.75 Å². The van der Waals surface area contributed by atoms with Crippen LogP contribution in [0.25, 0.3) is 0 Å². The van der Waals surface area contributed by atoms with Crippen LogP contribution in [0, 0.1) is 6.92 Å². The summed E-state index contributed by atoms with van der Waals surface area (Å²) in [6.45, 7) is 2.17. The molecule has 2 aromatic rings. The van der Waals surface area contributed by atoms with Crippen molar-refractivity contribution in [3.05, 3.63) is 45.9 Å². The number of nitrogens with zero attached hydrogens (tertiary/aromatic N) is 2. The Hall–Kier alpha value is -2.09. The molecular weight excluding hydrogens is 329 g/mol. The Kier molecular flexibility index (Phi) is 5.25. The zero-order valence-corrected chi connectivity index (χ0v) is 13.4.